The lowest BCUT2D eigenvalue weighted by atomic mass is 10.0. The molecule has 1 aromatic carbocycles. The van der Waals surface area contributed by atoms with Crippen LogP contribution in [-0.4, -0.2) is 51.9 Å². The number of nitro groups is 1. The Labute approximate surface area is 163 Å². The van der Waals surface area contributed by atoms with E-state index in [1.165, 1.54) is 6.07 Å². The highest BCUT2D eigenvalue weighted by molar-refractivity contribution is 5.79. The molecule has 2 rings (SSSR count). The van der Waals surface area contributed by atoms with Crippen LogP contribution >= 0.6 is 0 Å². The highest BCUT2D eigenvalue weighted by Gasteiger charge is 2.24. The van der Waals surface area contributed by atoms with Crippen LogP contribution in [0.15, 0.2) is 41.7 Å². The van der Waals surface area contributed by atoms with Crippen molar-refractivity contribution in [1.29, 1.82) is 0 Å². The normalized spacial score (nSPS) is 13.6. The summed E-state index contributed by atoms with van der Waals surface area (Å²) < 4.78 is 1.63. The highest BCUT2D eigenvalue weighted by Crippen LogP contribution is 2.22. The molecule has 1 atom stereocenters. The summed E-state index contributed by atoms with van der Waals surface area (Å²) in [6, 6.07) is 6.50. The van der Waals surface area contributed by atoms with Gasteiger partial charge in [0, 0.05) is 44.5 Å². The summed E-state index contributed by atoms with van der Waals surface area (Å²) >= 11 is 0. The minimum absolute atomic E-state index is 0.0376. The zero-order chi connectivity index (χ0) is 20.6. The molecule has 152 valence electrons. The summed E-state index contributed by atoms with van der Waals surface area (Å²) in [5.74, 6) is 0.552. The lowest BCUT2D eigenvalue weighted by molar-refractivity contribution is -0.384. The van der Waals surface area contributed by atoms with Gasteiger partial charge in [-0.3, -0.25) is 14.8 Å². The second kappa shape index (κ2) is 9.70. The van der Waals surface area contributed by atoms with Gasteiger partial charge in [0.2, 0.25) is 0 Å². The van der Waals surface area contributed by atoms with E-state index in [-0.39, 0.29) is 12.2 Å². The maximum atomic E-state index is 11.0. The van der Waals surface area contributed by atoms with Crippen LogP contribution in [0.5, 0.6) is 0 Å². The van der Waals surface area contributed by atoms with E-state index >= 15 is 0 Å². The highest BCUT2D eigenvalue weighted by atomic mass is 16.6. The number of hydrogen-bond donors (Lipinski definition) is 4. The summed E-state index contributed by atoms with van der Waals surface area (Å²) in [4.78, 5) is 15.1. The number of aliphatic imine (C=N–C) groups is 1. The van der Waals surface area contributed by atoms with Crippen LogP contribution in [0.25, 0.3) is 0 Å². The number of benzene rings is 1. The number of aromatic nitrogens is 2. The van der Waals surface area contributed by atoms with Gasteiger partial charge in [-0.05, 0) is 19.9 Å². The molecular formula is C18H27N7O3. The van der Waals surface area contributed by atoms with Crippen LogP contribution in [0.3, 0.4) is 0 Å². The van der Waals surface area contributed by atoms with Crippen LogP contribution in [0.2, 0.25) is 0 Å². The first-order valence-corrected chi connectivity index (χ1v) is 9.04. The fourth-order valence-electron chi connectivity index (χ4n) is 2.53. The summed E-state index contributed by atoms with van der Waals surface area (Å²) in [5.41, 5.74) is 0.0541. The molecule has 0 aliphatic rings. The molecule has 0 bridgehead atoms. The fourth-order valence-corrected chi connectivity index (χ4v) is 2.53. The summed E-state index contributed by atoms with van der Waals surface area (Å²) in [5, 5.41) is 35.0. The molecule has 1 heterocycles. The topological polar surface area (TPSA) is 130 Å². The van der Waals surface area contributed by atoms with Crippen molar-refractivity contribution >= 4 is 17.3 Å². The first-order valence-electron chi connectivity index (χ1n) is 9.04. The molecule has 0 saturated carbocycles. The van der Waals surface area contributed by atoms with Crippen molar-refractivity contribution in [3.63, 3.8) is 0 Å². The third kappa shape index (κ3) is 5.95. The molecule has 0 saturated heterocycles. The summed E-state index contributed by atoms with van der Waals surface area (Å²) in [7, 11) is 1.79. The van der Waals surface area contributed by atoms with Crippen molar-refractivity contribution in [2.45, 2.75) is 19.4 Å². The van der Waals surface area contributed by atoms with Gasteiger partial charge in [0.25, 0.3) is 5.69 Å². The number of guanidine groups is 1. The third-order valence-corrected chi connectivity index (χ3v) is 4.05. The molecular weight excluding hydrogens is 362 g/mol. The second-order valence-corrected chi connectivity index (χ2v) is 6.50. The van der Waals surface area contributed by atoms with Crippen molar-refractivity contribution < 1.29 is 10.0 Å². The number of hydrogen-bond acceptors (Lipinski definition) is 6. The van der Waals surface area contributed by atoms with Crippen molar-refractivity contribution in [3.8, 4) is 0 Å². The van der Waals surface area contributed by atoms with Gasteiger partial charge in [-0.25, -0.2) is 4.99 Å². The molecule has 0 spiro atoms. The molecule has 2 aromatic rings. The van der Waals surface area contributed by atoms with E-state index in [9.17, 15) is 15.2 Å². The van der Waals surface area contributed by atoms with Gasteiger partial charge < -0.3 is 21.1 Å². The Hall–Kier alpha value is -3.14. The van der Waals surface area contributed by atoms with E-state index in [1.807, 2.05) is 6.92 Å². The SMILES string of the molecule is CCNC(=NCC(C)(O)c1cnn(C)c1)NCCNc1ccccc1[N+](=O)[O-]. The van der Waals surface area contributed by atoms with E-state index in [0.717, 1.165) is 0 Å². The van der Waals surface area contributed by atoms with Gasteiger partial charge in [-0.2, -0.15) is 5.10 Å². The van der Waals surface area contributed by atoms with E-state index < -0.39 is 10.5 Å². The number of para-hydroxylation sites is 2. The Morgan fingerprint density at radius 1 is 1.36 bits per heavy atom. The smallest absolute Gasteiger partial charge is 0.292 e. The van der Waals surface area contributed by atoms with Crippen LogP contribution in [0, 0.1) is 10.1 Å². The van der Waals surface area contributed by atoms with Gasteiger partial charge in [0.15, 0.2) is 5.96 Å². The third-order valence-electron chi connectivity index (χ3n) is 4.05. The number of anilines is 1. The second-order valence-electron chi connectivity index (χ2n) is 6.50. The number of nitrogens with zero attached hydrogens (tertiary/aromatic N) is 4. The number of rotatable bonds is 9. The minimum Gasteiger partial charge on any atom is -0.383 e. The largest absolute Gasteiger partial charge is 0.383 e. The van der Waals surface area contributed by atoms with Gasteiger partial charge in [0.05, 0.1) is 17.7 Å². The molecule has 0 amide bonds. The van der Waals surface area contributed by atoms with Gasteiger partial charge in [0.1, 0.15) is 11.3 Å². The monoisotopic (exact) mass is 389 g/mol. The standard InChI is InChI=1S/C18H27N7O3/c1-4-19-17(22-13-18(2,26)14-11-23-24(3)12-14)21-10-9-20-15-7-5-6-8-16(15)25(27)28/h5-8,11-12,20,26H,4,9-10,13H2,1-3H3,(H2,19,21,22). The molecule has 10 nitrogen and oxygen atoms in total. The Bertz CT molecular complexity index is 817. The fraction of sp³-hybridized carbons (Fsp3) is 0.444. The maximum absolute atomic E-state index is 11.0. The molecule has 1 aromatic heterocycles. The van der Waals surface area contributed by atoms with Crippen molar-refractivity contribution in [2.24, 2.45) is 12.0 Å². The van der Waals surface area contributed by atoms with Crippen molar-refractivity contribution in [1.82, 2.24) is 20.4 Å². The molecule has 1 unspecified atom stereocenters. The van der Waals surface area contributed by atoms with Gasteiger partial charge in [-0.1, -0.05) is 12.1 Å². The van der Waals surface area contributed by atoms with Crippen LogP contribution in [0.1, 0.15) is 19.4 Å². The van der Waals surface area contributed by atoms with Crippen LogP contribution in [0.4, 0.5) is 11.4 Å². The van der Waals surface area contributed by atoms with Crippen LogP contribution in [-0.2, 0) is 12.6 Å². The molecule has 10 heteroatoms. The molecule has 0 aliphatic carbocycles. The average molecular weight is 389 g/mol. The van der Waals surface area contributed by atoms with Crippen molar-refractivity contribution in [3.05, 3.63) is 52.3 Å². The molecule has 0 radical (unpaired) electrons. The molecule has 0 fully saturated rings. The van der Waals surface area contributed by atoms with E-state index in [1.54, 1.807) is 49.2 Å². The Balaban J connectivity index is 1.90. The maximum Gasteiger partial charge on any atom is 0.292 e. The van der Waals surface area contributed by atoms with E-state index in [4.69, 9.17) is 0 Å². The lowest BCUT2D eigenvalue weighted by Gasteiger charge is -2.20. The zero-order valence-corrected chi connectivity index (χ0v) is 16.3. The number of aryl methyl sites for hydroxylation is 1. The van der Waals surface area contributed by atoms with E-state index in [2.05, 4.69) is 26.0 Å². The lowest BCUT2D eigenvalue weighted by Crippen LogP contribution is -2.40. The average Bonchev–Trinajstić information content (AvgIpc) is 3.10. The molecule has 0 aliphatic heterocycles. The van der Waals surface area contributed by atoms with Crippen molar-refractivity contribution in [2.75, 3.05) is 31.5 Å². The number of aliphatic hydroxyl groups is 1. The summed E-state index contributed by atoms with van der Waals surface area (Å²) in [6.45, 7) is 5.42. The van der Waals surface area contributed by atoms with E-state index in [0.29, 0.717) is 36.8 Å². The predicted octanol–water partition coefficient (Wildman–Crippen LogP) is 1.20. The Morgan fingerprint density at radius 2 is 2.11 bits per heavy atom. The number of nitro benzene ring substituents is 1. The minimum atomic E-state index is -1.14. The van der Waals surface area contributed by atoms with Crippen LogP contribution < -0.4 is 16.0 Å². The predicted molar refractivity (Wildman–Crippen MR) is 108 cm³/mol. The summed E-state index contributed by atoms with van der Waals surface area (Å²) in [6.07, 6.45) is 3.37. The first kappa shape index (κ1) is 21.2. The zero-order valence-electron chi connectivity index (χ0n) is 16.3. The quantitative estimate of drug-likeness (QED) is 0.167. The molecule has 28 heavy (non-hydrogen) atoms. The van der Waals surface area contributed by atoms with Gasteiger partial charge >= 0.3 is 0 Å². The number of nitrogens with one attached hydrogen (secondary N) is 3. The Kier molecular flexibility index (Phi) is 7.33. The Morgan fingerprint density at radius 3 is 2.75 bits per heavy atom. The first-order chi connectivity index (χ1) is 13.3. The van der Waals surface area contributed by atoms with Gasteiger partial charge in [-0.15, -0.1) is 0 Å². The molecule has 4 N–H and O–H groups in total.